The molecule has 2 amide bonds. The summed E-state index contributed by atoms with van der Waals surface area (Å²) in [5.41, 5.74) is 0.697. The molecule has 0 aliphatic rings. The van der Waals surface area contributed by atoms with Crippen LogP contribution in [0.5, 0.6) is 11.5 Å². The first-order chi connectivity index (χ1) is 15.3. The van der Waals surface area contributed by atoms with Crippen molar-refractivity contribution >= 4 is 34.8 Å². The van der Waals surface area contributed by atoms with Crippen LogP contribution in [0, 0.1) is 10.1 Å². The molecule has 0 aromatic heterocycles. The van der Waals surface area contributed by atoms with Gasteiger partial charge in [0, 0.05) is 36.7 Å². The van der Waals surface area contributed by atoms with Gasteiger partial charge in [-0.15, -0.1) is 0 Å². The van der Waals surface area contributed by atoms with Crippen LogP contribution in [0.3, 0.4) is 0 Å². The van der Waals surface area contributed by atoms with Crippen molar-refractivity contribution in [3.8, 4) is 11.5 Å². The molecule has 0 spiro atoms. The zero-order valence-electron chi connectivity index (χ0n) is 17.6. The van der Waals surface area contributed by atoms with Crippen LogP contribution in [-0.2, 0) is 19.1 Å². The smallest absolute Gasteiger partial charge is 0.306 e. The van der Waals surface area contributed by atoms with Crippen LogP contribution in [-0.4, -0.2) is 43.5 Å². The molecular formula is C21H23N3O8. The number of methoxy groups -OCH3 is 2. The van der Waals surface area contributed by atoms with E-state index in [2.05, 4.69) is 10.6 Å². The topological polar surface area (TPSA) is 146 Å². The van der Waals surface area contributed by atoms with Crippen molar-refractivity contribution in [1.82, 2.24) is 0 Å². The minimum atomic E-state index is -0.624. The largest absolute Gasteiger partial charge is 0.497 e. The molecule has 32 heavy (non-hydrogen) atoms. The van der Waals surface area contributed by atoms with Gasteiger partial charge in [0.2, 0.25) is 5.91 Å². The average molecular weight is 445 g/mol. The molecule has 2 aromatic carbocycles. The molecule has 0 saturated carbocycles. The number of hydrogen-bond donors (Lipinski definition) is 2. The molecule has 170 valence electrons. The van der Waals surface area contributed by atoms with Gasteiger partial charge in [0.1, 0.15) is 11.5 Å². The molecule has 0 heterocycles. The second kappa shape index (κ2) is 11.9. The quantitative estimate of drug-likeness (QED) is 0.305. The number of nitrogens with zero attached hydrogens (tertiary/aromatic N) is 1. The molecule has 0 aliphatic heterocycles. The van der Waals surface area contributed by atoms with Gasteiger partial charge < -0.3 is 24.8 Å². The fourth-order valence-corrected chi connectivity index (χ4v) is 2.60. The summed E-state index contributed by atoms with van der Waals surface area (Å²) in [4.78, 5) is 45.9. The summed E-state index contributed by atoms with van der Waals surface area (Å²) in [6.45, 7) is -0.492. The molecule has 0 aliphatic carbocycles. The lowest BCUT2D eigenvalue weighted by molar-refractivity contribution is -0.384. The normalized spacial score (nSPS) is 10.1. The van der Waals surface area contributed by atoms with Gasteiger partial charge in [-0.3, -0.25) is 24.5 Å². The van der Waals surface area contributed by atoms with Crippen molar-refractivity contribution in [3.63, 3.8) is 0 Å². The fraction of sp³-hybridized carbons (Fsp3) is 0.286. The highest BCUT2D eigenvalue weighted by Gasteiger charge is 2.13. The van der Waals surface area contributed by atoms with E-state index in [9.17, 15) is 24.5 Å². The van der Waals surface area contributed by atoms with Gasteiger partial charge in [0.05, 0.1) is 24.8 Å². The Balaban J connectivity index is 1.70. The lowest BCUT2D eigenvalue weighted by atomic mass is 10.2. The average Bonchev–Trinajstić information content (AvgIpc) is 2.78. The molecule has 11 nitrogen and oxygen atoms in total. The van der Waals surface area contributed by atoms with E-state index < -0.39 is 23.4 Å². The Morgan fingerprint density at radius 2 is 1.66 bits per heavy atom. The van der Waals surface area contributed by atoms with Gasteiger partial charge in [0.25, 0.3) is 11.6 Å². The molecule has 2 rings (SSSR count). The van der Waals surface area contributed by atoms with E-state index in [1.54, 1.807) is 18.2 Å². The molecule has 0 bridgehead atoms. The predicted molar refractivity (Wildman–Crippen MR) is 115 cm³/mol. The van der Waals surface area contributed by atoms with Crippen molar-refractivity contribution < 1.29 is 33.5 Å². The van der Waals surface area contributed by atoms with E-state index >= 15 is 0 Å². The predicted octanol–water partition coefficient (Wildman–Crippen LogP) is 2.90. The van der Waals surface area contributed by atoms with Crippen molar-refractivity contribution in [1.29, 1.82) is 0 Å². The van der Waals surface area contributed by atoms with Crippen LogP contribution in [0.25, 0.3) is 0 Å². The molecule has 2 N–H and O–H groups in total. The standard InChI is InChI=1S/C21H23N3O8/c1-30-16-10-11-18(31-2)17(12-16)23-20(26)13-32-21(27)5-3-4-19(25)22-14-6-8-15(9-7-14)24(28)29/h6-12H,3-5,13H2,1-2H3,(H,22,25)(H,23,26). The number of anilines is 2. The summed E-state index contributed by atoms with van der Waals surface area (Å²) < 4.78 is 15.2. The number of ether oxygens (including phenoxy) is 3. The molecule has 0 unspecified atom stereocenters. The van der Waals surface area contributed by atoms with Gasteiger partial charge in [-0.2, -0.15) is 0 Å². The Labute approximate surface area is 183 Å². The van der Waals surface area contributed by atoms with Crippen LogP contribution in [0.1, 0.15) is 19.3 Å². The van der Waals surface area contributed by atoms with Crippen molar-refractivity contribution in [2.24, 2.45) is 0 Å². The monoisotopic (exact) mass is 445 g/mol. The van der Waals surface area contributed by atoms with Gasteiger partial charge in [-0.25, -0.2) is 0 Å². The number of carbonyl (C=O) groups is 3. The minimum Gasteiger partial charge on any atom is -0.497 e. The number of hydrogen-bond acceptors (Lipinski definition) is 8. The van der Waals surface area contributed by atoms with Gasteiger partial charge in [-0.05, 0) is 30.7 Å². The first-order valence-corrected chi connectivity index (χ1v) is 9.54. The lowest BCUT2D eigenvalue weighted by Gasteiger charge is -2.12. The summed E-state index contributed by atoms with van der Waals surface area (Å²) in [5, 5.41) is 15.8. The summed E-state index contributed by atoms with van der Waals surface area (Å²) in [5.74, 6) is -0.592. The third-order valence-corrected chi connectivity index (χ3v) is 4.19. The van der Waals surface area contributed by atoms with Crippen molar-refractivity contribution in [3.05, 3.63) is 52.6 Å². The maximum Gasteiger partial charge on any atom is 0.306 e. The molecular weight excluding hydrogens is 422 g/mol. The minimum absolute atomic E-state index is 0.0410. The number of amides is 2. The van der Waals surface area contributed by atoms with E-state index in [1.165, 1.54) is 38.5 Å². The van der Waals surface area contributed by atoms with Gasteiger partial charge >= 0.3 is 5.97 Å². The highest BCUT2D eigenvalue weighted by molar-refractivity contribution is 5.94. The first kappa shape index (κ1) is 24.1. The van der Waals surface area contributed by atoms with Crippen LogP contribution in [0.2, 0.25) is 0 Å². The van der Waals surface area contributed by atoms with Crippen LogP contribution in [0.15, 0.2) is 42.5 Å². The molecule has 0 atom stereocenters. The highest BCUT2D eigenvalue weighted by Crippen LogP contribution is 2.28. The lowest BCUT2D eigenvalue weighted by Crippen LogP contribution is -2.21. The zero-order chi connectivity index (χ0) is 23.5. The van der Waals surface area contributed by atoms with E-state index in [0.29, 0.717) is 22.9 Å². The Bertz CT molecular complexity index is 976. The molecule has 0 radical (unpaired) electrons. The van der Waals surface area contributed by atoms with E-state index in [1.807, 2.05) is 0 Å². The second-order valence-corrected chi connectivity index (χ2v) is 6.48. The SMILES string of the molecule is COc1ccc(OC)c(NC(=O)COC(=O)CCCC(=O)Nc2ccc([N+](=O)[O-])cc2)c1. The Morgan fingerprint density at radius 1 is 0.938 bits per heavy atom. The van der Waals surface area contributed by atoms with Crippen molar-refractivity contribution in [2.75, 3.05) is 31.5 Å². The van der Waals surface area contributed by atoms with E-state index in [0.717, 1.165) is 0 Å². The molecule has 2 aromatic rings. The van der Waals surface area contributed by atoms with Crippen LogP contribution in [0.4, 0.5) is 17.1 Å². The number of benzene rings is 2. The molecule has 0 saturated heterocycles. The second-order valence-electron chi connectivity index (χ2n) is 6.48. The number of esters is 1. The Kier molecular flexibility index (Phi) is 8.96. The van der Waals surface area contributed by atoms with E-state index in [4.69, 9.17) is 14.2 Å². The fourth-order valence-electron chi connectivity index (χ4n) is 2.60. The summed E-state index contributed by atoms with van der Waals surface area (Å²) >= 11 is 0. The van der Waals surface area contributed by atoms with E-state index in [-0.39, 0.29) is 30.9 Å². The highest BCUT2D eigenvalue weighted by atomic mass is 16.6. The maximum absolute atomic E-state index is 12.0. The summed E-state index contributed by atoms with van der Waals surface area (Å²) in [6.07, 6.45) is 0.200. The summed E-state index contributed by atoms with van der Waals surface area (Å²) in [6, 6.07) is 10.3. The maximum atomic E-state index is 12.0. The zero-order valence-corrected chi connectivity index (χ0v) is 17.6. The van der Waals surface area contributed by atoms with Crippen LogP contribution < -0.4 is 20.1 Å². The van der Waals surface area contributed by atoms with Gasteiger partial charge in [-0.1, -0.05) is 0 Å². The number of nitro benzene ring substituents is 1. The Morgan fingerprint density at radius 3 is 2.28 bits per heavy atom. The number of carbonyl (C=O) groups excluding carboxylic acids is 3. The number of rotatable bonds is 11. The Hall–Kier alpha value is -4.15. The van der Waals surface area contributed by atoms with Gasteiger partial charge in [0.15, 0.2) is 6.61 Å². The number of nitrogens with one attached hydrogen (secondary N) is 2. The molecule has 0 fully saturated rings. The third-order valence-electron chi connectivity index (χ3n) is 4.19. The van der Waals surface area contributed by atoms with Crippen molar-refractivity contribution in [2.45, 2.75) is 19.3 Å². The summed E-state index contributed by atoms with van der Waals surface area (Å²) in [7, 11) is 2.94. The first-order valence-electron chi connectivity index (χ1n) is 9.54. The number of non-ortho nitro benzene ring substituents is 1. The molecule has 11 heteroatoms. The third kappa shape index (κ3) is 7.59. The number of nitro groups is 1. The van der Waals surface area contributed by atoms with Crippen LogP contribution >= 0.6 is 0 Å².